The van der Waals surface area contributed by atoms with E-state index in [-0.39, 0.29) is 22.9 Å². The summed E-state index contributed by atoms with van der Waals surface area (Å²) in [6.45, 7) is 11.3. The SMILES string of the molecule is CCN(CC)CCCCNC(=O)CC[n+]1ccc(C)cc1.[Br-]. The molecule has 0 bridgehead atoms. The third kappa shape index (κ3) is 9.15. The van der Waals surface area contributed by atoms with Gasteiger partial charge in [0.05, 0.1) is 6.42 Å². The molecule has 0 aliphatic heterocycles. The highest BCUT2D eigenvalue weighted by Gasteiger charge is 2.06. The Morgan fingerprint density at radius 1 is 1.18 bits per heavy atom. The fourth-order valence-corrected chi connectivity index (χ4v) is 2.23. The van der Waals surface area contributed by atoms with Crippen LogP contribution in [0.25, 0.3) is 0 Å². The number of carbonyl (C=O) groups excluding carboxylic acids is 1. The summed E-state index contributed by atoms with van der Waals surface area (Å²) < 4.78 is 2.05. The van der Waals surface area contributed by atoms with E-state index in [0.29, 0.717) is 6.42 Å². The zero-order chi connectivity index (χ0) is 15.5. The van der Waals surface area contributed by atoms with Crippen LogP contribution in [0, 0.1) is 6.92 Å². The van der Waals surface area contributed by atoms with E-state index in [1.807, 2.05) is 17.0 Å². The molecular weight excluding hydrogens is 342 g/mol. The standard InChI is InChI=1S/C17H29N3O.BrH/c1-4-19(5-2)12-7-6-11-18-17(21)10-15-20-13-8-16(3)9-14-20;/h8-9,13-14H,4-7,10-12,15H2,1-3H3;1H. The summed E-state index contributed by atoms with van der Waals surface area (Å²) in [7, 11) is 0. The molecule has 126 valence electrons. The van der Waals surface area contributed by atoms with E-state index in [2.05, 4.69) is 43.1 Å². The lowest BCUT2D eigenvalue weighted by Crippen LogP contribution is -3.00. The van der Waals surface area contributed by atoms with Crippen molar-refractivity contribution in [1.29, 1.82) is 0 Å². The van der Waals surface area contributed by atoms with Crippen molar-refractivity contribution in [3.05, 3.63) is 30.1 Å². The molecule has 1 aromatic heterocycles. The smallest absolute Gasteiger partial charge is 0.226 e. The average Bonchev–Trinajstić information content (AvgIpc) is 2.50. The van der Waals surface area contributed by atoms with E-state index in [1.54, 1.807) is 0 Å². The fraction of sp³-hybridized carbons (Fsp3) is 0.647. The highest BCUT2D eigenvalue weighted by molar-refractivity contribution is 5.75. The second-order valence-electron chi connectivity index (χ2n) is 5.45. The number of pyridine rings is 1. The second kappa shape index (κ2) is 12.6. The minimum absolute atomic E-state index is 0. The molecule has 1 N–H and O–H groups in total. The number of carbonyl (C=O) groups is 1. The Bertz CT molecular complexity index is 405. The molecule has 0 aromatic carbocycles. The number of nitrogens with zero attached hydrogens (tertiary/aromatic N) is 2. The summed E-state index contributed by atoms with van der Waals surface area (Å²) in [5.74, 6) is 0.144. The molecular formula is C17H30BrN3O. The first-order valence-corrected chi connectivity index (χ1v) is 8.10. The molecule has 4 nitrogen and oxygen atoms in total. The van der Waals surface area contributed by atoms with Crippen LogP contribution in [0.1, 0.15) is 38.7 Å². The molecule has 22 heavy (non-hydrogen) atoms. The summed E-state index contributed by atoms with van der Waals surface area (Å²) in [5, 5.41) is 3.00. The van der Waals surface area contributed by atoms with Crippen LogP contribution in [0.5, 0.6) is 0 Å². The topological polar surface area (TPSA) is 36.2 Å². The first-order chi connectivity index (χ1) is 10.2. The lowest BCUT2D eigenvalue weighted by atomic mass is 10.2. The fourth-order valence-electron chi connectivity index (χ4n) is 2.23. The van der Waals surface area contributed by atoms with E-state index in [1.165, 1.54) is 5.56 Å². The van der Waals surface area contributed by atoms with Gasteiger partial charge in [-0.2, -0.15) is 0 Å². The van der Waals surface area contributed by atoms with Gasteiger partial charge in [0.1, 0.15) is 0 Å². The molecule has 0 fully saturated rings. The van der Waals surface area contributed by atoms with Gasteiger partial charge in [0.25, 0.3) is 0 Å². The monoisotopic (exact) mass is 371 g/mol. The number of hydrogen-bond donors (Lipinski definition) is 1. The van der Waals surface area contributed by atoms with Crippen molar-refractivity contribution in [3.8, 4) is 0 Å². The number of aromatic nitrogens is 1. The van der Waals surface area contributed by atoms with E-state index in [9.17, 15) is 4.79 Å². The van der Waals surface area contributed by atoms with E-state index < -0.39 is 0 Å². The number of aryl methyl sites for hydroxylation is 2. The molecule has 1 rings (SSSR count). The van der Waals surface area contributed by atoms with Gasteiger partial charge in [-0.05, 0) is 45.0 Å². The first-order valence-electron chi connectivity index (χ1n) is 8.10. The number of halogens is 1. The third-order valence-electron chi connectivity index (χ3n) is 3.77. The van der Waals surface area contributed by atoms with Gasteiger partial charge in [-0.1, -0.05) is 13.8 Å². The van der Waals surface area contributed by atoms with Gasteiger partial charge < -0.3 is 27.2 Å². The van der Waals surface area contributed by atoms with Gasteiger partial charge >= 0.3 is 0 Å². The maximum Gasteiger partial charge on any atom is 0.226 e. The normalized spacial score (nSPS) is 10.4. The summed E-state index contributed by atoms with van der Waals surface area (Å²) in [5.41, 5.74) is 1.24. The Morgan fingerprint density at radius 3 is 2.41 bits per heavy atom. The zero-order valence-corrected chi connectivity index (χ0v) is 15.7. The van der Waals surface area contributed by atoms with Crippen molar-refractivity contribution >= 4 is 5.91 Å². The quantitative estimate of drug-likeness (QED) is 0.419. The maximum absolute atomic E-state index is 11.8. The van der Waals surface area contributed by atoms with E-state index in [4.69, 9.17) is 0 Å². The van der Waals surface area contributed by atoms with Crippen LogP contribution in [-0.4, -0.2) is 37.0 Å². The van der Waals surface area contributed by atoms with Crippen molar-refractivity contribution in [2.24, 2.45) is 0 Å². The van der Waals surface area contributed by atoms with Gasteiger partial charge in [0.15, 0.2) is 18.9 Å². The number of hydrogen-bond acceptors (Lipinski definition) is 2. The van der Waals surface area contributed by atoms with Crippen molar-refractivity contribution in [3.63, 3.8) is 0 Å². The van der Waals surface area contributed by atoms with Crippen LogP contribution >= 0.6 is 0 Å². The Labute approximate surface area is 145 Å². The van der Waals surface area contributed by atoms with Crippen LogP contribution in [0.15, 0.2) is 24.5 Å². The van der Waals surface area contributed by atoms with Crippen molar-refractivity contribution < 1.29 is 26.3 Å². The molecule has 0 unspecified atom stereocenters. The minimum Gasteiger partial charge on any atom is -1.00 e. The number of unbranched alkanes of at least 4 members (excludes halogenated alkanes) is 1. The van der Waals surface area contributed by atoms with Gasteiger partial charge in [-0.3, -0.25) is 4.79 Å². The molecule has 1 amide bonds. The maximum atomic E-state index is 11.8. The highest BCUT2D eigenvalue weighted by Crippen LogP contribution is 1.94. The molecule has 0 atom stereocenters. The van der Waals surface area contributed by atoms with Crippen LogP contribution in [0.3, 0.4) is 0 Å². The van der Waals surface area contributed by atoms with Crippen LogP contribution < -0.4 is 26.9 Å². The van der Waals surface area contributed by atoms with Crippen molar-refractivity contribution in [2.45, 2.75) is 46.6 Å². The summed E-state index contributed by atoms with van der Waals surface area (Å²) in [6.07, 6.45) is 6.79. The van der Waals surface area contributed by atoms with Gasteiger partial charge in [0.2, 0.25) is 5.91 Å². The number of rotatable bonds is 10. The summed E-state index contributed by atoms with van der Waals surface area (Å²) in [6, 6.07) is 4.12. The number of nitrogens with one attached hydrogen (secondary N) is 1. The molecule has 5 heteroatoms. The Kier molecular flexibility index (Phi) is 12.1. The average molecular weight is 372 g/mol. The largest absolute Gasteiger partial charge is 1.00 e. The van der Waals surface area contributed by atoms with Crippen molar-refractivity contribution in [2.75, 3.05) is 26.2 Å². The predicted molar refractivity (Wildman–Crippen MR) is 86.0 cm³/mol. The van der Waals surface area contributed by atoms with E-state index >= 15 is 0 Å². The molecule has 1 heterocycles. The van der Waals surface area contributed by atoms with Crippen molar-refractivity contribution in [1.82, 2.24) is 10.2 Å². The molecule has 0 aliphatic carbocycles. The third-order valence-corrected chi connectivity index (χ3v) is 3.77. The zero-order valence-electron chi connectivity index (χ0n) is 14.1. The molecule has 0 saturated heterocycles. The molecule has 0 saturated carbocycles. The Balaban J connectivity index is 0.00000441. The highest BCUT2D eigenvalue weighted by atomic mass is 79.9. The Morgan fingerprint density at radius 2 is 1.82 bits per heavy atom. The molecule has 1 aromatic rings. The lowest BCUT2D eigenvalue weighted by Gasteiger charge is -2.17. The summed E-state index contributed by atoms with van der Waals surface area (Å²) >= 11 is 0. The van der Waals surface area contributed by atoms with E-state index in [0.717, 1.165) is 45.6 Å². The van der Waals surface area contributed by atoms with Gasteiger partial charge in [-0.25, -0.2) is 4.57 Å². The van der Waals surface area contributed by atoms with Gasteiger partial charge in [0, 0.05) is 18.7 Å². The second-order valence-corrected chi connectivity index (χ2v) is 5.45. The van der Waals surface area contributed by atoms with Crippen LogP contribution in [-0.2, 0) is 11.3 Å². The molecule has 0 spiro atoms. The molecule has 0 radical (unpaired) electrons. The lowest BCUT2D eigenvalue weighted by molar-refractivity contribution is -0.695. The first kappa shape index (κ1) is 21.1. The van der Waals surface area contributed by atoms with Gasteiger partial charge in [-0.15, -0.1) is 0 Å². The van der Waals surface area contributed by atoms with Crippen LogP contribution in [0.4, 0.5) is 0 Å². The predicted octanol–water partition coefficient (Wildman–Crippen LogP) is -1.09. The van der Waals surface area contributed by atoms with Crippen LogP contribution in [0.2, 0.25) is 0 Å². The molecule has 0 aliphatic rings. The minimum atomic E-state index is 0. The summed E-state index contributed by atoms with van der Waals surface area (Å²) in [4.78, 5) is 14.2. The number of amides is 1. The Hall–Kier alpha value is -0.940.